The lowest BCUT2D eigenvalue weighted by Crippen LogP contribution is -2.02. The van der Waals surface area contributed by atoms with Crippen LogP contribution in [-0.2, 0) is 0 Å². The summed E-state index contributed by atoms with van der Waals surface area (Å²) in [6.45, 7) is 0. The third-order valence-electron chi connectivity index (χ3n) is 3.30. The lowest BCUT2D eigenvalue weighted by Gasteiger charge is -2.05. The molecule has 0 aliphatic carbocycles. The Morgan fingerprint density at radius 3 is 2.04 bits per heavy atom. The van der Waals surface area contributed by atoms with E-state index in [1.54, 1.807) is 42.5 Å². The van der Waals surface area contributed by atoms with Gasteiger partial charge in [-0.3, -0.25) is 4.79 Å². The van der Waals surface area contributed by atoms with Gasteiger partial charge in [-0.1, -0.05) is 54.1 Å². The van der Waals surface area contributed by atoms with Gasteiger partial charge in [0.05, 0.1) is 22.0 Å². The molecule has 0 saturated heterocycles. The highest BCUT2D eigenvalue weighted by atomic mass is 35.5. The van der Waals surface area contributed by atoms with Crippen LogP contribution in [-0.4, -0.2) is 5.78 Å². The number of hydrogen-bond donors (Lipinski definition) is 0. The van der Waals surface area contributed by atoms with Gasteiger partial charge in [-0.2, -0.15) is 5.11 Å². The van der Waals surface area contributed by atoms with Crippen molar-refractivity contribution in [3.63, 3.8) is 0 Å². The van der Waals surface area contributed by atoms with E-state index in [0.29, 0.717) is 21.8 Å². The van der Waals surface area contributed by atoms with Gasteiger partial charge in [0.15, 0.2) is 5.78 Å². The number of halogens is 1. The van der Waals surface area contributed by atoms with Crippen molar-refractivity contribution in [1.29, 1.82) is 0 Å². The van der Waals surface area contributed by atoms with E-state index >= 15 is 0 Å². The summed E-state index contributed by atoms with van der Waals surface area (Å²) >= 11 is 6.12. The molecule has 0 atom stereocenters. The number of nitrogens with zero attached hydrogens (tertiary/aromatic N) is 2. The molecule has 23 heavy (non-hydrogen) atoms. The molecule has 0 fully saturated rings. The van der Waals surface area contributed by atoms with E-state index in [1.165, 1.54) is 0 Å². The van der Waals surface area contributed by atoms with Gasteiger partial charge in [0.2, 0.25) is 0 Å². The molecule has 0 aliphatic heterocycles. The van der Waals surface area contributed by atoms with Gasteiger partial charge in [-0.05, 0) is 36.4 Å². The molecule has 0 aromatic heterocycles. The van der Waals surface area contributed by atoms with Crippen LogP contribution in [0.2, 0.25) is 5.02 Å². The molecule has 0 N–H and O–H groups in total. The van der Waals surface area contributed by atoms with Crippen LogP contribution in [0, 0.1) is 0 Å². The number of hydrogen-bond acceptors (Lipinski definition) is 3. The standard InChI is InChI=1S/C19H13ClN2O/c20-17-12-6-4-10-15(17)19(23)16-11-5-7-13-18(16)22-21-14-8-2-1-3-9-14/h1-13H/b22-21+. The van der Waals surface area contributed by atoms with Crippen molar-refractivity contribution in [2.75, 3.05) is 0 Å². The Kier molecular flexibility index (Phi) is 4.60. The minimum atomic E-state index is -0.168. The number of benzene rings is 3. The molecular weight excluding hydrogens is 308 g/mol. The minimum Gasteiger partial charge on any atom is -0.288 e. The predicted molar refractivity (Wildman–Crippen MR) is 91.9 cm³/mol. The van der Waals surface area contributed by atoms with E-state index in [-0.39, 0.29) is 5.78 Å². The van der Waals surface area contributed by atoms with Gasteiger partial charge in [-0.15, -0.1) is 5.11 Å². The first-order valence-corrected chi connectivity index (χ1v) is 7.48. The van der Waals surface area contributed by atoms with Gasteiger partial charge in [0.1, 0.15) is 0 Å². The number of carbonyl (C=O) groups is 1. The SMILES string of the molecule is O=C(c1ccccc1Cl)c1ccccc1/N=N/c1ccccc1. The normalized spacial score (nSPS) is 10.8. The summed E-state index contributed by atoms with van der Waals surface area (Å²) in [5.41, 5.74) is 2.17. The summed E-state index contributed by atoms with van der Waals surface area (Å²) in [5.74, 6) is -0.168. The van der Waals surface area contributed by atoms with Crippen molar-refractivity contribution in [1.82, 2.24) is 0 Å². The van der Waals surface area contributed by atoms with Gasteiger partial charge in [0.25, 0.3) is 0 Å². The van der Waals surface area contributed by atoms with Crippen molar-refractivity contribution in [2.45, 2.75) is 0 Å². The fraction of sp³-hybridized carbons (Fsp3) is 0. The number of ketones is 1. The fourth-order valence-corrected chi connectivity index (χ4v) is 2.37. The average Bonchev–Trinajstić information content (AvgIpc) is 2.61. The zero-order chi connectivity index (χ0) is 16.1. The van der Waals surface area contributed by atoms with Gasteiger partial charge in [0, 0.05) is 5.56 Å². The third kappa shape index (κ3) is 3.52. The van der Waals surface area contributed by atoms with Crippen molar-refractivity contribution in [3.05, 3.63) is 95.0 Å². The zero-order valence-corrected chi connectivity index (χ0v) is 12.9. The van der Waals surface area contributed by atoms with E-state index in [0.717, 1.165) is 5.69 Å². The summed E-state index contributed by atoms with van der Waals surface area (Å²) in [6, 6.07) is 23.5. The molecule has 4 heteroatoms. The molecular formula is C19H13ClN2O. The molecule has 112 valence electrons. The molecule has 0 unspecified atom stereocenters. The summed E-state index contributed by atoms with van der Waals surface area (Å²) in [4.78, 5) is 12.7. The molecule has 0 aliphatic rings. The smallest absolute Gasteiger partial charge is 0.196 e. The Bertz CT molecular complexity index is 860. The van der Waals surface area contributed by atoms with Crippen molar-refractivity contribution in [3.8, 4) is 0 Å². The van der Waals surface area contributed by atoms with E-state index in [1.807, 2.05) is 36.4 Å². The van der Waals surface area contributed by atoms with Crippen LogP contribution >= 0.6 is 11.6 Å². The number of carbonyl (C=O) groups excluding carboxylic acids is 1. The summed E-state index contributed by atoms with van der Waals surface area (Å²) in [6.07, 6.45) is 0. The highest BCUT2D eigenvalue weighted by molar-refractivity contribution is 6.35. The second-order valence-corrected chi connectivity index (χ2v) is 5.27. The topological polar surface area (TPSA) is 41.8 Å². The average molecular weight is 321 g/mol. The Labute approximate surface area is 139 Å². The minimum absolute atomic E-state index is 0.168. The molecule has 0 bridgehead atoms. The molecule has 0 amide bonds. The molecule has 0 saturated carbocycles. The van der Waals surface area contributed by atoms with Crippen LogP contribution in [0.1, 0.15) is 15.9 Å². The molecule has 0 heterocycles. The van der Waals surface area contributed by atoms with E-state index < -0.39 is 0 Å². The summed E-state index contributed by atoms with van der Waals surface area (Å²) < 4.78 is 0. The predicted octanol–water partition coefficient (Wildman–Crippen LogP) is 5.99. The maximum atomic E-state index is 12.7. The maximum absolute atomic E-state index is 12.7. The lowest BCUT2D eigenvalue weighted by molar-refractivity contribution is 0.103. The van der Waals surface area contributed by atoms with Crippen molar-refractivity contribution in [2.24, 2.45) is 10.2 Å². The second kappa shape index (κ2) is 6.99. The Morgan fingerprint density at radius 1 is 0.696 bits per heavy atom. The van der Waals surface area contributed by atoms with Crippen LogP contribution < -0.4 is 0 Å². The summed E-state index contributed by atoms with van der Waals surface area (Å²) in [7, 11) is 0. The monoisotopic (exact) mass is 320 g/mol. The van der Waals surface area contributed by atoms with Gasteiger partial charge < -0.3 is 0 Å². The Hall–Kier alpha value is -2.78. The van der Waals surface area contributed by atoms with Gasteiger partial charge >= 0.3 is 0 Å². The lowest BCUT2D eigenvalue weighted by atomic mass is 10.0. The molecule has 0 radical (unpaired) electrons. The highest BCUT2D eigenvalue weighted by Crippen LogP contribution is 2.27. The van der Waals surface area contributed by atoms with Gasteiger partial charge in [-0.25, -0.2) is 0 Å². The van der Waals surface area contributed by atoms with Crippen molar-refractivity contribution < 1.29 is 4.79 Å². The largest absolute Gasteiger partial charge is 0.288 e. The Balaban J connectivity index is 1.97. The van der Waals surface area contributed by atoms with Crippen LogP contribution in [0.4, 0.5) is 11.4 Å². The number of rotatable bonds is 4. The van der Waals surface area contributed by atoms with Crippen LogP contribution in [0.3, 0.4) is 0 Å². The van der Waals surface area contributed by atoms with Crippen LogP contribution in [0.5, 0.6) is 0 Å². The zero-order valence-electron chi connectivity index (χ0n) is 12.2. The molecule has 0 spiro atoms. The maximum Gasteiger partial charge on any atom is 0.196 e. The van der Waals surface area contributed by atoms with Crippen LogP contribution in [0.15, 0.2) is 89.1 Å². The van der Waals surface area contributed by atoms with E-state index in [9.17, 15) is 4.79 Å². The first-order valence-electron chi connectivity index (χ1n) is 7.11. The molecule has 3 nitrogen and oxygen atoms in total. The second-order valence-electron chi connectivity index (χ2n) is 4.86. The van der Waals surface area contributed by atoms with Crippen LogP contribution in [0.25, 0.3) is 0 Å². The fourth-order valence-electron chi connectivity index (χ4n) is 2.15. The quantitative estimate of drug-likeness (QED) is 0.430. The molecule has 3 aromatic rings. The van der Waals surface area contributed by atoms with E-state index in [2.05, 4.69) is 10.2 Å². The first kappa shape index (κ1) is 15.1. The molecule has 3 aromatic carbocycles. The first-order chi connectivity index (χ1) is 11.3. The Morgan fingerprint density at radius 2 is 1.30 bits per heavy atom. The van der Waals surface area contributed by atoms with E-state index in [4.69, 9.17) is 11.6 Å². The summed E-state index contributed by atoms with van der Waals surface area (Å²) in [5, 5.41) is 8.81. The highest BCUT2D eigenvalue weighted by Gasteiger charge is 2.15. The number of azo groups is 1. The molecule has 3 rings (SSSR count). The third-order valence-corrected chi connectivity index (χ3v) is 3.63. The van der Waals surface area contributed by atoms with Crippen molar-refractivity contribution >= 4 is 28.8 Å².